The molecular weight excluding hydrogens is 516 g/mol. The molecule has 1 aliphatic carbocycles. The number of nitrogens with zero attached hydrogens (tertiary/aromatic N) is 1. The first kappa shape index (κ1) is 28.2. The fourth-order valence-electron chi connectivity index (χ4n) is 4.93. The lowest BCUT2D eigenvalue weighted by Crippen LogP contribution is -2.47. The largest absolute Gasteiger partial charge is 0.493 e. The number of nitrogens with one attached hydrogen (secondary N) is 1. The Labute approximate surface area is 232 Å². The van der Waals surface area contributed by atoms with Crippen molar-refractivity contribution in [3.63, 3.8) is 0 Å². The second kappa shape index (κ2) is 13.3. The summed E-state index contributed by atoms with van der Waals surface area (Å²) in [7, 11) is 4.39. The first-order valence-electron chi connectivity index (χ1n) is 13.0. The number of rotatable bonds is 10. The van der Waals surface area contributed by atoms with Crippen LogP contribution in [0.5, 0.6) is 11.5 Å². The van der Waals surface area contributed by atoms with Gasteiger partial charge in [-0.3, -0.25) is 14.5 Å². The topological polar surface area (TPSA) is 94.2 Å². The van der Waals surface area contributed by atoms with Crippen LogP contribution in [-0.2, 0) is 20.7 Å². The summed E-state index contributed by atoms with van der Waals surface area (Å²) in [4.78, 5) is 42.5. The highest BCUT2D eigenvalue weighted by Crippen LogP contribution is 2.35. The van der Waals surface area contributed by atoms with Gasteiger partial charge in [0.25, 0.3) is 0 Å². The van der Waals surface area contributed by atoms with Crippen molar-refractivity contribution in [2.24, 2.45) is 0 Å². The maximum absolute atomic E-state index is 14.1. The van der Waals surface area contributed by atoms with Gasteiger partial charge in [-0.05, 0) is 66.2 Å². The van der Waals surface area contributed by atoms with Gasteiger partial charge >= 0.3 is 5.97 Å². The average Bonchev–Trinajstić information content (AvgIpc) is 3.48. The van der Waals surface area contributed by atoms with Crippen LogP contribution in [0.3, 0.4) is 0 Å². The first-order chi connectivity index (χ1) is 18.9. The van der Waals surface area contributed by atoms with Crippen molar-refractivity contribution < 1.29 is 28.6 Å². The van der Waals surface area contributed by atoms with Crippen LogP contribution >= 0.6 is 11.3 Å². The molecule has 8 nitrogen and oxygen atoms in total. The van der Waals surface area contributed by atoms with Crippen molar-refractivity contribution in [2.75, 3.05) is 26.2 Å². The molecule has 1 aromatic heterocycles. The van der Waals surface area contributed by atoms with Crippen molar-refractivity contribution >= 4 is 34.8 Å². The molecule has 1 fully saturated rings. The van der Waals surface area contributed by atoms with Gasteiger partial charge in [0.05, 0.1) is 33.3 Å². The van der Waals surface area contributed by atoms with Crippen LogP contribution < -0.4 is 19.7 Å². The summed E-state index contributed by atoms with van der Waals surface area (Å²) in [6, 6.07) is 14.6. The number of amides is 2. The van der Waals surface area contributed by atoms with E-state index in [2.05, 4.69) is 5.32 Å². The highest BCUT2D eigenvalue weighted by Gasteiger charge is 2.35. The van der Waals surface area contributed by atoms with Gasteiger partial charge in [0.1, 0.15) is 6.04 Å². The minimum Gasteiger partial charge on any atom is -0.493 e. The van der Waals surface area contributed by atoms with E-state index < -0.39 is 12.0 Å². The van der Waals surface area contributed by atoms with Crippen LogP contribution in [0, 0.1) is 0 Å². The minimum atomic E-state index is -0.983. The standard InChI is InChI=1S/C30H34N2O6S/c1-36-25-16-13-21(18-26(25)37-2)28(29(34)31-22-8-5-4-6-9-22)32(27(33)19-24-10-7-17-39-24)23-14-11-20(12-15-23)30(35)38-3/h7,10-18,22,28H,4-6,8-9,19H2,1-3H3,(H,31,34). The Kier molecular flexibility index (Phi) is 9.59. The zero-order valence-electron chi connectivity index (χ0n) is 22.5. The van der Waals surface area contributed by atoms with Crippen molar-refractivity contribution in [2.45, 2.75) is 50.6 Å². The van der Waals surface area contributed by atoms with Gasteiger partial charge in [-0.2, -0.15) is 0 Å². The Morgan fingerprint density at radius 2 is 1.67 bits per heavy atom. The summed E-state index contributed by atoms with van der Waals surface area (Å²) < 4.78 is 15.8. The average molecular weight is 551 g/mol. The third-order valence-corrected chi connectivity index (χ3v) is 7.80. The smallest absolute Gasteiger partial charge is 0.337 e. The van der Waals surface area contributed by atoms with Gasteiger partial charge in [0.2, 0.25) is 11.8 Å². The normalized spacial score (nSPS) is 14.2. The molecule has 0 saturated heterocycles. The number of ether oxygens (including phenoxy) is 3. The zero-order chi connectivity index (χ0) is 27.8. The van der Waals surface area contributed by atoms with Gasteiger partial charge in [0.15, 0.2) is 11.5 Å². The van der Waals surface area contributed by atoms with Crippen LogP contribution in [0.4, 0.5) is 5.69 Å². The minimum absolute atomic E-state index is 0.0462. The second-order valence-electron chi connectivity index (χ2n) is 9.42. The summed E-state index contributed by atoms with van der Waals surface area (Å²) in [5.74, 6) is -0.0271. The zero-order valence-corrected chi connectivity index (χ0v) is 23.3. The van der Waals surface area contributed by atoms with Gasteiger partial charge in [0, 0.05) is 16.6 Å². The number of methoxy groups -OCH3 is 3. The predicted octanol–water partition coefficient (Wildman–Crippen LogP) is 5.32. The van der Waals surface area contributed by atoms with Crippen molar-refractivity contribution in [1.29, 1.82) is 0 Å². The van der Waals surface area contributed by atoms with Crippen LogP contribution in [0.2, 0.25) is 0 Å². The molecule has 0 aliphatic heterocycles. The Morgan fingerprint density at radius 1 is 0.949 bits per heavy atom. The van der Waals surface area contributed by atoms with Gasteiger partial charge in [-0.1, -0.05) is 31.4 Å². The van der Waals surface area contributed by atoms with Crippen molar-refractivity contribution in [3.8, 4) is 11.5 Å². The molecular formula is C30H34N2O6S. The number of carbonyl (C=O) groups excluding carboxylic acids is 3. The molecule has 0 spiro atoms. The van der Waals surface area contributed by atoms with Crippen LogP contribution in [0.25, 0.3) is 0 Å². The molecule has 2 aromatic carbocycles. The molecule has 2 amide bonds. The van der Waals surface area contributed by atoms with E-state index in [1.165, 1.54) is 30.5 Å². The van der Waals surface area contributed by atoms with E-state index in [9.17, 15) is 14.4 Å². The number of hydrogen-bond acceptors (Lipinski definition) is 7. The first-order valence-corrected chi connectivity index (χ1v) is 13.9. The summed E-state index contributed by atoms with van der Waals surface area (Å²) in [5.41, 5.74) is 1.42. The van der Waals surface area contributed by atoms with E-state index >= 15 is 0 Å². The molecule has 0 radical (unpaired) electrons. The summed E-state index contributed by atoms with van der Waals surface area (Å²) >= 11 is 1.48. The van der Waals surface area contributed by atoms with E-state index in [1.54, 1.807) is 49.6 Å². The van der Waals surface area contributed by atoms with E-state index in [4.69, 9.17) is 14.2 Å². The maximum Gasteiger partial charge on any atom is 0.337 e. The predicted molar refractivity (Wildman–Crippen MR) is 151 cm³/mol. The molecule has 1 N–H and O–H groups in total. The fraction of sp³-hybridized carbons (Fsp3) is 0.367. The third-order valence-electron chi connectivity index (χ3n) is 6.92. The Morgan fingerprint density at radius 3 is 2.28 bits per heavy atom. The molecule has 1 saturated carbocycles. The van der Waals surface area contributed by atoms with Crippen LogP contribution in [-0.4, -0.2) is 45.2 Å². The molecule has 1 atom stereocenters. The molecule has 9 heteroatoms. The number of anilines is 1. The number of benzene rings is 2. The monoisotopic (exact) mass is 550 g/mol. The Hall–Kier alpha value is -3.85. The molecule has 4 rings (SSSR count). The summed E-state index contributed by atoms with van der Waals surface area (Å²) in [6.07, 6.45) is 5.20. The lowest BCUT2D eigenvalue weighted by atomic mass is 9.94. The number of thiophene rings is 1. The van der Waals surface area contributed by atoms with E-state index in [-0.39, 0.29) is 24.3 Å². The molecule has 3 aromatic rings. The lowest BCUT2D eigenvalue weighted by molar-refractivity contribution is -0.127. The molecule has 1 unspecified atom stereocenters. The number of esters is 1. The van der Waals surface area contributed by atoms with Crippen molar-refractivity contribution in [3.05, 3.63) is 76.0 Å². The SMILES string of the molecule is COC(=O)c1ccc(N(C(=O)Cc2cccs2)C(C(=O)NC2CCCCC2)c2ccc(OC)c(OC)c2)cc1. The summed E-state index contributed by atoms with van der Waals surface area (Å²) in [5, 5.41) is 5.13. The lowest BCUT2D eigenvalue weighted by Gasteiger charge is -2.34. The third kappa shape index (κ3) is 6.78. The van der Waals surface area contributed by atoms with Crippen LogP contribution in [0.1, 0.15) is 58.9 Å². The molecule has 1 aliphatic rings. The number of carbonyl (C=O) groups is 3. The van der Waals surface area contributed by atoms with Crippen LogP contribution in [0.15, 0.2) is 60.0 Å². The van der Waals surface area contributed by atoms with E-state index in [0.717, 1.165) is 37.0 Å². The molecule has 206 valence electrons. The second-order valence-corrected chi connectivity index (χ2v) is 10.5. The van der Waals surface area contributed by atoms with Gasteiger partial charge in [-0.15, -0.1) is 11.3 Å². The highest BCUT2D eigenvalue weighted by atomic mass is 32.1. The molecule has 39 heavy (non-hydrogen) atoms. The molecule has 0 bridgehead atoms. The van der Waals surface area contributed by atoms with Crippen molar-refractivity contribution in [1.82, 2.24) is 5.32 Å². The van der Waals surface area contributed by atoms with E-state index in [0.29, 0.717) is 28.3 Å². The van der Waals surface area contributed by atoms with Gasteiger partial charge < -0.3 is 19.5 Å². The fourth-order valence-corrected chi connectivity index (χ4v) is 5.62. The quantitative estimate of drug-likeness (QED) is 0.344. The van der Waals surface area contributed by atoms with Gasteiger partial charge in [-0.25, -0.2) is 4.79 Å². The Balaban J connectivity index is 1.80. The maximum atomic E-state index is 14.1. The summed E-state index contributed by atoms with van der Waals surface area (Å²) in [6.45, 7) is 0. The highest BCUT2D eigenvalue weighted by molar-refractivity contribution is 7.10. The number of hydrogen-bond donors (Lipinski definition) is 1. The molecule has 1 heterocycles. The Bertz CT molecular complexity index is 1270. The van der Waals surface area contributed by atoms with E-state index in [1.807, 2.05) is 17.5 Å².